The normalized spacial score (nSPS) is 14.4. The van der Waals surface area contributed by atoms with Gasteiger partial charge in [0.1, 0.15) is 5.75 Å². The molecular formula is C13H16O3. The van der Waals surface area contributed by atoms with Crippen molar-refractivity contribution in [1.29, 1.82) is 0 Å². The molecule has 1 aromatic carbocycles. The van der Waals surface area contributed by atoms with Gasteiger partial charge in [-0.25, -0.2) is 0 Å². The molecule has 3 nitrogen and oxygen atoms in total. The van der Waals surface area contributed by atoms with E-state index in [-0.39, 0.29) is 0 Å². The van der Waals surface area contributed by atoms with Crippen molar-refractivity contribution in [2.45, 2.75) is 26.7 Å². The van der Waals surface area contributed by atoms with Crippen molar-refractivity contribution in [2.75, 3.05) is 6.61 Å². The fourth-order valence-corrected chi connectivity index (χ4v) is 1.91. The lowest BCUT2D eigenvalue weighted by atomic mass is 9.85. The molecule has 0 saturated heterocycles. The van der Waals surface area contributed by atoms with Gasteiger partial charge in [0.15, 0.2) is 0 Å². The summed E-state index contributed by atoms with van der Waals surface area (Å²) < 4.78 is 5.47. The molecule has 1 aliphatic rings. The van der Waals surface area contributed by atoms with Gasteiger partial charge in [0.25, 0.3) is 0 Å². The van der Waals surface area contributed by atoms with E-state index in [0.717, 1.165) is 24.3 Å². The smallest absolute Gasteiger partial charge is 0.309 e. The van der Waals surface area contributed by atoms with Crippen LogP contribution in [0.25, 0.3) is 0 Å². The second-order valence-electron chi connectivity index (χ2n) is 4.91. The quantitative estimate of drug-likeness (QED) is 0.850. The van der Waals surface area contributed by atoms with Crippen LogP contribution in [0.2, 0.25) is 0 Å². The first-order valence-electron chi connectivity index (χ1n) is 5.47. The van der Waals surface area contributed by atoms with Crippen LogP contribution in [0.4, 0.5) is 0 Å². The molecule has 0 aliphatic carbocycles. The van der Waals surface area contributed by atoms with Crippen LogP contribution in [0, 0.1) is 5.41 Å². The largest absolute Gasteiger partial charge is 0.493 e. The van der Waals surface area contributed by atoms with Gasteiger partial charge in [-0.1, -0.05) is 12.1 Å². The van der Waals surface area contributed by atoms with Crippen LogP contribution in [0.15, 0.2) is 18.2 Å². The number of carboxylic acid groups (broad SMARTS) is 1. The first kappa shape index (κ1) is 11.0. The van der Waals surface area contributed by atoms with Crippen molar-refractivity contribution in [3.63, 3.8) is 0 Å². The highest BCUT2D eigenvalue weighted by atomic mass is 16.5. The average Bonchev–Trinajstić information content (AvgIpc) is 2.63. The molecule has 0 unspecified atom stereocenters. The standard InChI is InChI=1S/C13H16O3/c1-13(2,12(14)15)8-9-3-4-10-5-6-16-11(10)7-9/h3-4,7H,5-6,8H2,1-2H3,(H,14,15). The summed E-state index contributed by atoms with van der Waals surface area (Å²) in [5.74, 6) is 0.146. The third-order valence-corrected chi connectivity index (χ3v) is 2.99. The number of benzene rings is 1. The predicted molar refractivity (Wildman–Crippen MR) is 60.8 cm³/mol. The molecule has 0 amide bonds. The number of aliphatic carboxylic acids is 1. The Morgan fingerprint density at radius 1 is 1.50 bits per heavy atom. The second-order valence-corrected chi connectivity index (χ2v) is 4.91. The van der Waals surface area contributed by atoms with E-state index < -0.39 is 11.4 Å². The summed E-state index contributed by atoms with van der Waals surface area (Å²) in [5.41, 5.74) is 1.51. The fourth-order valence-electron chi connectivity index (χ4n) is 1.91. The summed E-state index contributed by atoms with van der Waals surface area (Å²) in [6.07, 6.45) is 1.48. The van der Waals surface area contributed by atoms with Crippen LogP contribution in [0.3, 0.4) is 0 Å². The zero-order chi connectivity index (χ0) is 11.8. The minimum atomic E-state index is -0.770. The van der Waals surface area contributed by atoms with Crippen molar-refractivity contribution in [2.24, 2.45) is 5.41 Å². The maximum atomic E-state index is 11.0. The third-order valence-electron chi connectivity index (χ3n) is 2.99. The van der Waals surface area contributed by atoms with Gasteiger partial charge in [-0.15, -0.1) is 0 Å². The Labute approximate surface area is 95.0 Å². The molecule has 1 aliphatic heterocycles. The summed E-state index contributed by atoms with van der Waals surface area (Å²) in [6.45, 7) is 4.22. The lowest BCUT2D eigenvalue weighted by molar-refractivity contribution is -0.146. The Kier molecular flexibility index (Phi) is 2.62. The molecule has 0 aromatic heterocycles. The summed E-state index contributed by atoms with van der Waals surface area (Å²) in [5, 5.41) is 9.06. The lowest BCUT2D eigenvalue weighted by Crippen LogP contribution is -2.26. The van der Waals surface area contributed by atoms with Gasteiger partial charge < -0.3 is 9.84 Å². The maximum Gasteiger partial charge on any atom is 0.309 e. The lowest BCUT2D eigenvalue weighted by Gasteiger charge is -2.19. The van der Waals surface area contributed by atoms with E-state index >= 15 is 0 Å². The number of hydrogen-bond donors (Lipinski definition) is 1. The Morgan fingerprint density at radius 3 is 2.94 bits per heavy atom. The maximum absolute atomic E-state index is 11.0. The van der Waals surface area contributed by atoms with Crippen LogP contribution < -0.4 is 4.74 Å². The molecule has 1 heterocycles. The van der Waals surface area contributed by atoms with E-state index in [4.69, 9.17) is 9.84 Å². The minimum absolute atomic E-state index is 0.527. The van der Waals surface area contributed by atoms with Crippen LogP contribution >= 0.6 is 0 Å². The first-order chi connectivity index (χ1) is 7.49. The number of carboxylic acids is 1. The van der Waals surface area contributed by atoms with Crippen molar-refractivity contribution >= 4 is 5.97 Å². The van der Waals surface area contributed by atoms with E-state index in [1.54, 1.807) is 13.8 Å². The van der Waals surface area contributed by atoms with Gasteiger partial charge in [-0.2, -0.15) is 0 Å². The molecule has 1 aromatic rings. The average molecular weight is 220 g/mol. The van der Waals surface area contributed by atoms with Gasteiger partial charge in [0.05, 0.1) is 12.0 Å². The molecule has 0 saturated carbocycles. The number of carbonyl (C=O) groups is 1. The molecule has 2 rings (SSSR count). The van der Waals surface area contributed by atoms with E-state index in [1.807, 2.05) is 18.2 Å². The Balaban J connectivity index is 2.20. The van der Waals surface area contributed by atoms with Gasteiger partial charge in [0.2, 0.25) is 0 Å². The molecule has 3 heteroatoms. The highest BCUT2D eigenvalue weighted by Gasteiger charge is 2.27. The number of fused-ring (bicyclic) bond motifs is 1. The minimum Gasteiger partial charge on any atom is -0.493 e. The molecule has 16 heavy (non-hydrogen) atoms. The van der Waals surface area contributed by atoms with Crippen molar-refractivity contribution < 1.29 is 14.6 Å². The summed E-state index contributed by atoms with van der Waals surface area (Å²) in [6, 6.07) is 6.00. The van der Waals surface area contributed by atoms with E-state index in [0.29, 0.717) is 6.42 Å². The monoisotopic (exact) mass is 220 g/mol. The molecule has 0 radical (unpaired) electrons. The Hall–Kier alpha value is -1.51. The highest BCUT2D eigenvalue weighted by molar-refractivity contribution is 5.74. The zero-order valence-electron chi connectivity index (χ0n) is 9.62. The SMILES string of the molecule is CC(C)(Cc1ccc2c(c1)OCC2)C(=O)O. The van der Waals surface area contributed by atoms with Gasteiger partial charge in [0, 0.05) is 6.42 Å². The Morgan fingerprint density at radius 2 is 2.25 bits per heavy atom. The van der Waals surface area contributed by atoms with E-state index in [1.165, 1.54) is 5.56 Å². The second kappa shape index (κ2) is 3.81. The zero-order valence-corrected chi connectivity index (χ0v) is 9.62. The molecule has 0 bridgehead atoms. The van der Waals surface area contributed by atoms with Gasteiger partial charge in [-0.3, -0.25) is 4.79 Å². The predicted octanol–water partition coefficient (Wildman–Crippen LogP) is 2.27. The van der Waals surface area contributed by atoms with Crippen LogP contribution in [0.5, 0.6) is 5.75 Å². The molecule has 0 spiro atoms. The molecule has 86 valence electrons. The van der Waals surface area contributed by atoms with Crippen LogP contribution in [-0.2, 0) is 17.6 Å². The van der Waals surface area contributed by atoms with E-state index in [9.17, 15) is 4.79 Å². The summed E-state index contributed by atoms with van der Waals surface area (Å²) in [7, 11) is 0. The topological polar surface area (TPSA) is 46.5 Å². The van der Waals surface area contributed by atoms with Gasteiger partial charge >= 0.3 is 5.97 Å². The number of hydrogen-bond acceptors (Lipinski definition) is 2. The number of ether oxygens (including phenoxy) is 1. The van der Waals surface area contributed by atoms with E-state index in [2.05, 4.69) is 0 Å². The number of rotatable bonds is 3. The summed E-state index contributed by atoms with van der Waals surface area (Å²) in [4.78, 5) is 11.0. The molecule has 0 fully saturated rings. The molecule has 1 N–H and O–H groups in total. The highest BCUT2D eigenvalue weighted by Crippen LogP contribution is 2.29. The third kappa shape index (κ3) is 2.03. The summed E-state index contributed by atoms with van der Waals surface area (Å²) >= 11 is 0. The van der Waals surface area contributed by atoms with Crippen LogP contribution in [-0.4, -0.2) is 17.7 Å². The first-order valence-corrected chi connectivity index (χ1v) is 5.47. The van der Waals surface area contributed by atoms with Crippen molar-refractivity contribution in [3.05, 3.63) is 29.3 Å². The Bertz CT molecular complexity index is 421. The van der Waals surface area contributed by atoms with Crippen molar-refractivity contribution in [3.8, 4) is 5.75 Å². The molecule has 0 atom stereocenters. The van der Waals surface area contributed by atoms with Crippen molar-refractivity contribution in [1.82, 2.24) is 0 Å². The molecular weight excluding hydrogens is 204 g/mol. The van der Waals surface area contributed by atoms with Crippen LogP contribution in [0.1, 0.15) is 25.0 Å². The van der Waals surface area contributed by atoms with Gasteiger partial charge in [-0.05, 0) is 37.5 Å². The fraction of sp³-hybridized carbons (Fsp3) is 0.462.